The molecule has 1 aliphatic heterocycles. The lowest BCUT2D eigenvalue weighted by Crippen LogP contribution is -2.42. The van der Waals surface area contributed by atoms with Crippen molar-refractivity contribution in [1.29, 1.82) is 0 Å². The van der Waals surface area contributed by atoms with E-state index in [1.54, 1.807) is 6.20 Å². The molecule has 1 aromatic heterocycles. The molecule has 0 spiro atoms. The third kappa shape index (κ3) is 5.88. The summed E-state index contributed by atoms with van der Waals surface area (Å²) in [4.78, 5) is 19.1. The maximum absolute atomic E-state index is 12.3. The number of carbonyl (C=O) groups excluding carboxylic acids is 1. The van der Waals surface area contributed by atoms with Crippen molar-refractivity contribution in [3.05, 3.63) is 59.9 Å². The molecule has 1 aliphatic rings. The Labute approximate surface area is 168 Å². The fourth-order valence-electron chi connectivity index (χ4n) is 3.39. The van der Waals surface area contributed by atoms with Crippen molar-refractivity contribution in [3.8, 4) is 0 Å². The fourth-order valence-corrected chi connectivity index (χ4v) is 3.39. The maximum atomic E-state index is 12.3. The monoisotopic (exact) mass is 380 g/mol. The van der Waals surface area contributed by atoms with Gasteiger partial charge in [-0.25, -0.2) is 0 Å². The van der Waals surface area contributed by atoms with Crippen LogP contribution in [-0.2, 0) is 17.9 Å². The summed E-state index contributed by atoms with van der Waals surface area (Å²) in [5.74, 6) is 0.0224. The van der Waals surface area contributed by atoms with Gasteiger partial charge in [0, 0.05) is 48.2 Å². The number of hydrogen-bond donors (Lipinski definition) is 2. The van der Waals surface area contributed by atoms with Gasteiger partial charge in [0.1, 0.15) is 0 Å². The minimum absolute atomic E-state index is 0.0224. The highest BCUT2D eigenvalue weighted by Gasteiger charge is 2.23. The number of carbonyl (C=O) groups is 1. The molecule has 0 bridgehead atoms. The Morgan fingerprint density at radius 3 is 2.54 bits per heavy atom. The number of rotatable bonds is 6. The number of nitrogens with zero attached hydrogens (tertiary/aromatic N) is 2. The number of aromatic nitrogens is 1. The molecule has 150 valence electrons. The van der Waals surface area contributed by atoms with Crippen molar-refractivity contribution >= 4 is 11.6 Å². The van der Waals surface area contributed by atoms with Gasteiger partial charge in [0.15, 0.2) is 0 Å². The average Bonchev–Trinajstić information content (AvgIpc) is 2.68. The van der Waals surface area contributed by atoms with E-state index in [1.807, 2.05) is 33.0 Å². The summed E-state index contributed by atoms with van der Waals surface area (Å²) in [5, 5.41) is 6.70. The highest BCUT2D eigenvalue weighted by molar-refractivity contribution is 5.95. The topological polar surface area (TPSA) is 57.3 Å². The summed E-state index contributed by atoms with van der Waals surface area (Å²) in [5.41, 5.74) is 2.85. The lowest BCUT2D eigenvalue weighted by atomic mass is 9.95. The van der Waals surface area contributed by atoms with Crippen LogP contribution in [0.5, 0.6) is 0 Å². The minimum atomic E-state index is -0.417. The van der Waals surface area contributed by atoms with Crippen LogP contribution in [0.3, 0.4) is 0 Å². The summed E-state index contributed by atoms with van der Waals surface area (Å²) in [6.07, 6.45) is 5.84. The van der Waals surface area contributed by atoms with Crippen molar-refractivity contribution in [1.82, 2.24) is 15.2 Å². The van der Waals surface area contributed by atoms with Crippen molar-refractivity contribution in [2.45, 2.75) is 52.7 Å². The number of pyridine rings is 1. The van der Waals surface area contributed by atoms with Gasteiger partial charge in [-0.1, -0.05) is 51.1 Å². The highest BCUT2D eigenvalue weighted by Crippen LogP contribution is 2.21. The second-order valence-corrected chi connectivity index (χ2v) is 8.65. The largest absolute Gasteiger partial charge is 0.325 e. The van der Waals surface area contributed by atoms with Crippen LogP contribution in [0.1, 0.15) is 44.7 Å². The molecule has 0 unspecified atom stereocenters. The van der Waals surface area contributed by atoms with Gasteiger partial charge in [0.2, 0.25) is 5.91 Å². The molecule has 2 aromatic rings. The minimum Gasteiger partial charge on any atom is -0.325 e. The zero-order valence-electron chi connectivity index (χ0n) is 17.2. The van der Waals surface area contributed by atoms with Crippen molar-refractivity contribution in [2.24, 2.45) is 5.41 Å². The lowest BCUT2D eigenvalue weighted by Gasteiger charge is -2.32. The molecule has 5 heteroatoms. The molecule has 1 aromatic carbocycles. The maximum Gasteiger partial charge on any atom is 0.229 e. The molecule has 2 heterocycles. The zero-order valence-corrected chi connectivity index (χ0v) is 17.2. The van der Waals surface area contributed by atoms with E-state index in [2.05, 4.69) is 50.8 Å². The number of amides is 1. The molecule has 3 rings (SSSR count). The van der Waals surface area contributed by atoms with Gasteiger partial charge in [-0.05, 0) is 37.6 Å². The van der Waals surface area contributed by atoms with Crippen LogP contribution in [-0.4, -0.2) is 34.9 Å². The molecule has 0 saturated carbocycles. The highest BCUT2D eigenvalue weighted by atomic mass is 16.2. The first-order valence-corrected chi connectivity index (χ1v) is 10.2. The Hall–Kier alpha value is -2.24. The molecule has 0 radical (unpaired) electrons. The van der Waals surface area contributed by atoms with Crippen LogP contribution in [0, 0.1) is 5.41 Å². The SMILES string of the molecule is CC(C)(C)C(=O)Nc1ccncc1CNC1CCN(Cc2ccccc2)CC1. The third-order valence-electron chi connectivity index (χ3n) is 5.25. The van der Waals surface area contributed by atoms with Gasteiger partial charge >= 0.3 is 0 Å². The fraction of sp³-hybridized carbons (Fsp3) is 0.478. The van der Waals surface area contributed by atoms with E-state index in [9.17, 15) is 4.79 Å². The molecule has 1 fully saturated rings. The van der Waals surface area contributed by atoms with Crippen LogP contribution < -0.4 is 10.6 Å². The molecule has 1 saturated heterocycles. The Morgan fingerprint density at radius 1 is 1.14 bits per heavy atom. The van der Waals surface area contributed by atoms with Crippen molar-refractivity contribution in [2.75, 3.05) is 18.4 Å². The average molecular weight is 381 g/mol. The second-order valence-electron chi connectivity index (χ2n) is 8.65. The van der Waals surface area contributed by atoms with E-state index >= 15 is 0 Å². The molecule has 28 heavy (non-hydrogen) atoms. The normalized spacial score (nSPS) is 16.1. The van der Waals surface area contributed by atoms with Gasteiger partial charge in [-0.15, -0.1) is 0 Å². The predicted molar refractivity (Wildman–Crippen MR) is 114 cm³/mol. The molecular formula is C23H32N4O. The van der Waals surface area contributed by atoms with Crippen LogP contribution in [0.15, 0.2) is 48.8 Å². The van der Waals surface area contributed by atoms with E-state index in [4.69, 9.17) is 0 Å². The van der Waals surface area contributed by atoms with Gasteiger partial charge in [-0.3, -0.25) is 14.7 Å². The van der Waals surface area contributed by atoms with E-state index in [-0.39, 0.29) is 5.91 Å². The van der Waals surface area contributed by atoms with Crippen LogP contribution in [0.25, 0.3) is 0 Å². The first-order chi connectivity index (χ1) is 13.4. The van der Waals surface area contributed by atoms with E-state index in [0.717, 1.165) is 50.3 Å². The molecule has 1 amide bonds. The van der Waals surface area contributed by atoms with Crippen LogP contribution in [0.2, 0.25) is 0 Å². The van der Waals surface area contributed by atoms with Gasteiger partial charge in [0.05, 0.1) is 0 Å². The summed E-state index contributed by atoms with van der Waals surface area (Å²) >= 11 is 0. The number of likely N-dealkylation sites (tertiary alicyclic amines) is 1. The van der Waals surface area contributed by atoms with Gasteiger partial charge in [0.25, 0.3) is 0 Å². The summed E-state index contributed by atoms with van der Waals surface area (Å²) in [7, 11) is 0. The van der Waals surface area contributed by atoms with Crippen molar-refractivity contribution < 1.29 is 4.79 Å². The van der Waals surface area contributed by atoms with Gasteiger partial charge < -0.3 is 10.6 Å². The number of hydrogen-bond acceptors (Lipinski definition) is 4. The Bertz CT molecular complexity index is 762. The number of nitrogens with one attached hydrogen (secondary N) is 2. The molecule has 5 nitrogen and oxygen atoms in total. The molecule has 0 atom stereocenters. The Kier molecular flexibility index (Phi) is 6.81. The number of piperidine rings is 1. The Balaban J connectivity index is 1.48. The Morgan fingerprint density at radius 2 is 1.86 bits per heavy atom. The van der Waals surface area contributed by atoms with E-state index in [1.165, 1.54) is 5.56 Å². The summed E-state index contributed by atoms with van der Waals surface area (Å²) in [6, 6.07) is 13.0. The van der Waals surface area contributed by atoms with Crippen molar-refractivity contribution in [3.63, 3.8) is 0 Å². The third-order valence-corrected chi connectivity index (χ3v) is 5.25. The first-order valence-electron chi connectivity index (χ1n) is 10.2. The smallest absolute Gasteiger partial charge is 0.229 e. The van der Waals surface area contributed by atoms with Crippen LogP contribution >= 0.6 is 0 Å². The molecule has 0 aliphatic carbocycles. The number of anilines is 1. The standard InChI is InChI=1S/C23H32N4O/c1-23(2,3)22(28)26-21-9-12-24-15-19(21)16-25-20-10-13-27(14-11-20)17-18-7-5-4-6-8-18/h4-9,12,15,20,25H,10-11,13-14,16-17H2,1-3H3,(H,24,26,28). The first kappa shape index (κ1) is 20.5. The molecule has 2 N–H and O–H groups in total. The van der Waals surface area contributed by atoms with Gasteiger partial charge in [-0.2, -0.15) is 0 Å². The van der Waals surface area contributed by atoms with E-state index < -0.39 is 5.41 Å². The van der Waals surface area contributed by atoms with Crippen LogP contribution in [0.4, 0.5) is 5.69 Å². The zero-order chi connectivity index (χ0) is 20.0. The second kappa shape index (κ2) is 9.30. The number of benzene rings is 1. The summed E-state index contributed by atoms with van der Waals surface area (Å²) in [6.45, 7) is 9.72. The molecular weight excluding hydrogens is 348 g/mol. The quantitative estimate of drug-likeness (QED) is 0.800. The predicted octanol–water partition coefficient (Wildman–Crippen LogP) is 3.82. The summed E-state index contributed by atoms with van der Waals surface area (Å²) < 4.78 is 0. The van der Waals surface area contributed by atoms with E-state index in [0.29, 0.717) is 6.04 Å². The lowest BCUT2D eigenvalue weighted by molar-refractivity contribution is -0.123.